The van der Waals surface area contributed by atoms with Crippen molar-refractivity contribution in [2.75, 3.05) is 6.26 Å². The highest BCUT2D eigenvalue weighted by molar-refractivity contribution is 7.90. The van der Waals surface area contributed by atoms with Crippen LogP contribution in [0.1, 0.15) is 5.56 Å². The Kier molecular flexibility index (Phi) is 2.25. The fourth-order valence-corrected chi connectivity index (χ4v) is 1.89. The standard InChI is InChI=1S/C7H10N2O3S/c1-5-6(13(3,11)12)4-8-9(2)7(5)10/h4H,1-3H3. The van der Waals surface area contributed by atoms with Crippen LogP contribution in [0.25, 0.3) is 0 Å². The molecular weight excluding hydrogens is 192 g/mol. The second-order valence-electron chi connectivity index (χ2n) is 2.83. The molecule has 6 heteroatoms. The zero-order valence-electron chi connectivity index (χ0n) is 7.60. The van der Waals surface area contributed by atoms with E-state index in [1.54, 1.807) is 0 Å². The average molecular weight is 202 g/mol. The molecule has 72 valence electrons. The normalized spacial score (nSPS) is 11.6. The molecule has 0 aliphatic rings. The minimum Gasteiger partial charge on any atom is -0.267 e. The van der Waals surface area contributed by atoms with Crippen LogP contribution >= 0.6 is 0 Å². The summed E-state index contributed by atoms with van der Waals surface area (Å²) in [6.07, 6.45) is 2.24. The molecule has 0 amide bonds. The van der Waals surface area contributed by atoms with Crippen LogP contribution in [0.3, 0.4) is 0 Å². The van der Waals surface area contributed by atoms with Crippen LogP contribution in [0, 0.1) is 6.92 Å². The molecule has 1 heterocycles. The first-order valence-electron chi connectivity index (χ1n) is 3.57. The summed E-state index contributed by atoms with van der Waals surface area (Å²) in [5.41, 5.74) is -0.178. The van der Waals surface area contributed by atoms with Crippen molar-refractivity contribution in [1.82, 2.24) is 9.78 Å². The summed E-state index contributed by atoms with van der Waals surface area (Å²) in [5.74, 6) is 0. The van der Waals surface area contributed by atoms with Crippen LogP contribution in [0.4, 0.5) is 0 Å². The lowest BCUT2D eigenvalue weighted by Gasteiger charge is -2.02. The van der Waals surface area contributed by atoms with Gasteiger partial charge in [0.15, 0.2) is 9.84 Å². The highest BCUT2D eigenvalue weighted by atomic mass is 32.2. The van der Waals surface area contributed by atoms with Crippen molar-refractivity contribution < 1.29 is 8.42 Å². The molecule has 5 nitrogen and oxygen atoms in total. The second kappa shape index (κ2) is 2.95. The predicted octanol–water partition coefficient (Wildman–Crippen LogP) is -0.508. The van der Waals surface area contributed by atoms with Gasteiger partial charge in [-0.05, 0) is 6.92 Å². The number of aromatic nitrogens is 2. The summed E-state index contributed by atoms with van der Waals surface area (Å²) < 4.78 is 23.4. The molecular formula is C7H10N2O3S. The molecule has 1 rings (SSSR count). The maximum atomic E-state index is 11.3. The van der Waals surface area contributed by atoms with Gasteiger partial charge in [-0.25, -0.2) is 13.1 Å². The van der Waals surface area contributed by atoms with Crippen molar-refractivity contribution in [2.45, 2.75) is 11.8 Å². The molecule has 0 bridgehead atoms. The fourth-order valence-electron chi connectivity index (χ4n) is 1.01. The van der Waals surface area contributed by atoms with Crippen LogP contribution in [0.2, 0.25) is 0 Å². The molecule has 0 fully saturated rings. The first-order chi connectivity index (χ1) is 5.84. The molecule has 13 heavy (non-hydrogen) atoms. The van der Waals surface area contributed by atoms with Gasteiger partial charge in [0.2, 0.25) is 0 Å². The zero-order valence-corrected chi connectivity index (χ0v) is 8.42. The minimum absolute atomic E-state index is 0.00407. The molecule has 0 saturated carbocycles. The number of aryl methyl sites for hydroxylation is 1. The summed E-state index contributed by atoms with van der Waals surface area (Å²) in [6, 6.07) is 0. The Morgan fingerprint density at radius 1 is 1.46 bits per heavy atom. The molecule has 0 atom stereocenters. The van der Waals surface area contributed by atoms with Gasteiger partial charge in [0.1, 0.15) is 0 Å². The van der Waals surface area contributed by atoms with Gasteiger partial charge in [-0.3, -0.25) is 4.79 Å². The van der Waals surface area contributed by atoms with Crippen molar-refractivity contribution in [3.05, 3.63) is 22.1 Å². The van der Waals surface area contributed by atoms with E-state index in [4.69, 9.17) is 0 Å². The Balaban J connectivity index is 3.63. The number of sulfone groups is 1. The van der Waals surface area contributed by atoms with Gasteiger partial charge in [-0.1, -0.05) is 0 Å². The predicted molar refractivity (Wildman–Crippen MR) is 47.3 cm³/mol. The van der Waals surface area contributed by atoms with E-state index in [1.165, 1.54) is 20.2 Å². The lowest BCUT2D eigenvalue weighted by molar-refractivity contribution is 0.596. The number of nitrogens with zero attached hydrogens (tertiary/aromatic N) is 2. The van der Waals surface area contributed by atoms with Gasteiger partial charge in [0.05, 0.1) is 11.1 Å². The quantitative estimate of drug-likeness (QED) is 0.615. The van der Waals surface area contributed by atoms with Crippen molar-refractivity contribution in [3.8, 4) is 0 Å². The highest BCUT2D eigenvalue weighted by Gasteiger charge is 2.14. The van der Waals surface area contributed by atoms with Gasteiger partial charge in [-0.2, -0.15) is 5.10 Å². The van der Waals surface area contributed by atoms with E-state index >= 15 is 0 Å². The monoisotopic (exact) mass is 202 g/mol. The SMILES string of the molecule is Cc1c(S(C)(=O)=O)cnn(C)c1=O. The number of rotatable bonds is 1. The Hall–Kier alpha value is -1.17. The molecule has 1 aromatic heterocycles. The highest BCUT2D eigenvalue weighted by Crippen LogP contribution is 2.07. The molecule has 0 N–H and O–H groups in total. The van der Waals surface area contributed by atoms with E-state index in [0.717, 1.165) is 10.9 Å². The molecule has 0 spiro atoms. The summed E-state index contributed by atoms with van der Waals surface area (Å²) in [5, 5.41) is 3.63. The zero-order chi connectivity index (χ0) is 10.2. The molecule has 0 saturated heterocycles. The smallest absolute Gasteiger partial charge is 0.267 e. The second-order valence-corrected chi connectivity index (χ2v) is 4.82. The minimum atomic E-state index is -3.35. The van der Waals surface area contributed by atoms with Crippen LogP contribution < -0.4 is 5.56 Å². The fraction of sp³-hybridized carbons (Fsp3) is 0.429. The van der Waals surface area contributed by atoms with E-state index in [-0.39, 0.29) is 16.0 Å². The van der Waals surface area contributed by atoms with Crippen LogP contribution in [-0.2, 0) is 16.9 Å². The molecule has 1 aromatic rings. The number of hydrogen-bond donors (Lipinski definition) is 0. The maximum absolute atomic E-state index is 11.3. The molecule has 0 aromatic carbocycles. The van der Waals surface area contributed by atoms with E-state index < -0.39 is 9.84 Å². The summed E-state index contributed by atoms with van der Waals surface area (Å²) >= 11 is 0. The van der Waals surface area contributed by atoms with Crippen molar-refractivity contribution in [2.24, 2.45) is 7.05 Å². The molecule has 0 aliphatic heterocycles. The number of hydrogen-bond acceptors (Lipinski definition) is 4. The lowest BCUT2D eigenvalue weighted by atomic mass is 10.3. The van der Waals surface area contributed by atoms with E-state index in [2.05, 4.69) is 5.10 Å². The van der Waals surface area contributed by atoms with Crippen molar-refractivity contribution in [1.29, 1.82) is 0 Å². The van der Waals surface area contributed by atoms with Gasteiger partial charge in [0.25, 0.3) is 5.56 Å². The topological polar surface area (TPSA) is 69.0 Å². The van der Waals surface area contributed by atoms with Crippen LogP contribution in [0.15, 0.2) is 15.9 Å². The van der Waals surface area contributed by atoms with Crippen molar-refractivity contribution in [3.63, 3.8) is 0 Å². The van der Waals surface area contributed by atoms with Gasteiger partial charge in [-0.15, -0.1) is 0 Å². The Morgan fingerprint density at radius 2 is 2.00 bits per heavy atom. The van der Waals surface area contributed by atoms with Crippen molar-refractivity contribution >= 4 is 9.84 Å². The van der Waals surface area contributed by atoms with Crippen LogP contribution in [-0.4, -0.2) is 24.5 Å². The maximum Gasteiger partial charge on any atom is 0.270 e. The van der Waals surface area contributed by atoms with Gasteiger partial charge >= 0.3 is 0 Å². The van der Waals surface area contributed by atoms with Crippen LogP contribution in [0.5, 0.6) is 0 Å². The Labute approximate surface area is 75.9 Å². The molecule has 0 aliphatic carbocycles. The Morgan fingerprint density at radius 3 is 2.46 bits per heavy atom. The Bertz CT molecular complexity index is 487. The summed E-state index contributed by atoms with van der Waals surface area (Å²) in [4.78, 5) is 11.3. The average Bonchev–Trinajstić information content (AvgIpc) is 1.98. The van der Waals surface area contributed by atoms with E-state index in [1.807, 2.05) is 0 Å². The molecule has 0 unspecified atom stereocenters. The third-order valence-electron chi connectivity index (χ3n) is 1.73. The third-order valence-corrected chi connectivity index (χ3v) is 2.94. The first-order valence-corrected chi connectivity index (χ1v) is 5.46. The lowest BCUT2D eigenvalue weighted by Crippen LogP contribution is -2.24. The van der Waals surface area contributed by atoms with Gasteiger partial charge < -0.3 is 0 Å². The van der Waals surface area contributed by atoms with E-state index in [0.29, 0.717) is 0 Å². The van der Waals surface area contributed by atoms with E-state index in [9.17, 15) is 13.2 Å². The third kappa shape index (κ3) is 1.77. The largest absolute Gasteiger partial charge is 0.270 e. The van der Waals surface area contributed by atoms with Gasteiger partial charge in [0, 0.05) is 18.9 Å². The first kappa shape index (κ1) is 9.91. The summed E-state index contributed by atoms with van der Waals surface area (Å²) in [6.45, 7) is 1.47. The summed E-state index contributed by atoms with van der Waals surface area (Å²) in [7, 11) is -1.87. The molecule has 0 radical (unpaired) electrons.